The van der Waals surface area contributed by atoms with Gasteiger partial charge >= 0.3 is 0 Å². The largest absolute Gasteiger partial charge is 0.339 e. The molecule has 0 bridgehead atoms. The number of rotatable bonds is 4. The summed E-state index contributed by atoms with van der Waals surface area (Å²) in [5.74, 6) is 0. The minimum Gasteiger partial charge on any atom is -0.339 e. The molecule has 1 saturated heterocycles. The zero-order valence-corrected chi connectivity index (χ0v) is 18.9. The number of hydrogen-bond donors (Lipinski definition) is 0. The number of pyridine rings is 1. The summed E-state index contributed by atoms with van der Waals surface area (Å²) in [6.45, 7) is 3.57. The van der Waals surface area contributed by atoms with Crippen molar-refractivity contribution < 1.29 is 0 Å². The first-order valence-corrected chi connectivity index (χ1v) is 11.9. The molecule has 1 aliphatic rings. The Labute approximate surface area is 196 Å². The number of likely N-dealkylation sites (tertiary alicyclic amines) is 1. The minimum absolute atomic E-state index is 0.0512. The monoisotopic (exact) mass is 450 g/mol. The van der Waals surface area contributed by atoms with Gasteiger partial charge < -0.3 is 9.47 Å². The van der Waals surface area contributed by atoms with E-state index in [0.717, 1.165) is 66.3 Å². The van der Waals surface area contributed by atoms with Crippen LogP contribution in [-0.4, -0.2) is 38.7 Å². The second kappa shape index (κ2) is 8.54. The lowest BCUT2D eigenvalue weighted by atomic mass is 10.0. The summed E-state index contributed by atoms with van der Waals surface area (Å²) in [6, 6.07) is 23.5. The van der Waals surface area contributed by atoms with Gasteiger partial charge in [0.05, 0.1) is 28.3 Å². The van der Waals surface area contributed by atoms with Crippen molar-refractivity contribution in [2.75, 3.05) is 19.6 Å². The van der Waals surface area contributed by atoms with E-state index < -0.39 is 0 Å². The Morgan fingerprint density at radius 1 is 0.735 bits per heavy atom. The summed E-state index contributed by atoms with van der Waals surface area (Å²) < 4.78 is 4.10. The first-order valence-electron chi connectivity index (χ1n) is 11.9. The van der Waals surface area contributed by atoms with Crippen molar-refractivity contribution >= 4 is 32.7 Å². The molecular weight excluding hydrogens is 424 g/mol. The number of piperidine rings is 1. The first-order chi connectivity index (χ1) is 16.7. The molecule has 5 aromatic rings. The maximum Gasteiger partial charge on any atom is 0.261 e. The molecule has 3 aromatic carbocycles. The van der Waals surface area contributed by atoms with E-state index in [2.05, 4.69) is 14.5 Å². The van der Waals surface area contributed by atoms with Gasteiger partial charge in [0, 0.05) is 43.0 Å². The summed E-state index contributed by atoms with van der Waals surface area (Å²) >= 11 is 0. The van der Waals surface area contributed by atoms with Crippen LogP contribution in [0.1, 0.15) is 18.9 Å². The fraction of sp³-hybridized carbons (Fsp3) is 0.250. The van der Waals surface area contributed by atoms with E-state index in [4.69, 9.17) is 0 Å². The van der Waals surface area contributed by atoms with Crippen molar-refractivity contribution in [3.63, 3.8) is 0 Å². The standard InChI is InChI=1S/C28H26N4O2/c33-27-22-8-2-5-11-25(22)31(26-12-6-3-9-23(26)27)18-17-30-15-13-20(14-16-30)32-19-29-24-10-4-1-7-21(24)28(32)34/h1-12,19-20H,13-18H2. The van der Waals surface area contributed by atoms with Gasteiger partial charge in [0.25, 0.3) is 5.56 Å². The maximum atomic E-state index is 13.0. The fourth-order valence-electron chi connectivity index (χ4n) is 5.32. The molecule has 2 aromatic heterocycles. The second-order valence-electron chi connectivity index (χ2n) is 9.06. The number of aromatic nitrogens is 3. The lowest BCUT2D eigenvalue weighted by Gasteiger charge is -2.33. The highest BCUT2D eigenvalue weighted by molar-refractivity contribution is 5.93. The third-order valence-electron chi connectivity index (χ3n) is 7.16. The predicted octanol–water partition coefficient (Wildman–Crippen LogP) is 4.20. The Hall–Kier alpha value is -3.77. The van der Waals surface area contributed by atoms with Gasteiger partial charge in [-0.3, -0.25) is 14.2 Å². The number of benzene rings is 3. The molecule has 0 aliphatic carbocycles. The number of fused-ring (bicyclic) bond motifs is 3. The first kappa shape index (κ1) is 20.8. The van der Waals surface area contributed by atoms with Crippen LogP contribution in [0.4, 0.5) is 0 Å². The Morgan fingerprint density at radius 2 is 1.32 bits per heavy atom. The molecule has 0 N–H and O–H groups in total. The van der Waals surface area contributed by atoms with E-state index in [9.17, 15) is 9.59 Å². The highest BCUT2D eigenvalue weighted by Crippen LogP contribution is 2.23. The van der Waals surface area contributed by atoms with E-state index in [-0.39, 0.29) is 17.0 Å². The van der Waals surface area contributed by atoms with E-state index >= 15 is 0 Å². The van der Waals surface area contributed by atoms with Crippen molar-refractivity contribution in [3.8, 4) is 0 Å². The molecule has 0 saturated carbocycles. The van der Waals surface area contributed by atoms with Crippen molar-refractivity contribution in [3.05, 3.63) is 99.7 Å². The molecule has 1 aliphatic heterocycles. The minimum atomic E-state index is 0.0512. The van der Waals surface area contributed by atoms with Crippen LogP contribution in [0.25, 0.3) is 32.7 Å². The fourth-order valence-corrected chi connectivity index (χ4v) is 5.32. The van der Waals surface area contributed by atoms with E-state index in [1.165, 1.54) is 0 Å². The van der Waals surface area contributed by atoms with Crippen molar-refractivity contribution in [2.45, 2.75) is 25.4 Å². The Kier molecular flexibility index (Phi) is 5.23. The van der Waals surface area contributed by atoms with Gasteiger partial charge in [-0.2, -0.15) is 0 Å². The van der Waals surface area contributed by atoms with Crippen molar-refractivity contribution in [1.29, 1.82) is 0 Å². The Morgan fingerprint density at radius 3 is 2.00 bits per heavy atom. The van der Waals surface area contributed by atoms with Crippen LogP contribution < -0.4 is 11.0 Å². The highest BCUT2D eigenvalue weighted by atomic mass is 16.1. The number of nitrogens with zero attached hydrogens (tertiary/aromatic N) is 4. The van der Waals surface area contributed by atoms with Crippen LogP contribution in [0, 0.1) is 0 Å². The Bertz CT molecular complexity index is 1570. The maximum absolute atomic E-state index is 13.0. The molecule has 34 heavy (non-hydrogen) atoms. The van der Waals surface area contributed by atoms with Gasteiger partial charge in [0.2, 0.25) is 0 Å². The van der Waals surface area contributed by atoms with Crippen LogP contribution in [-0.2, 0) is 6.54 Å². The predicted molar refractivity (Wildman–Crippen MR) is 136 cm³/mol. The molecule has 1 fully saturated rings. The van der Waals surface area contributed by atoms with E-state index in [1.807, 2.05) is 77.4 Å². The van der Waals surface area contributed by atoms with Gasteiger partial charge in [-0.15, -0.1) is 0 Å². The number of para-hydroxylation sites is 3. The molecule has 0 spiro atoms. The van der Waals surface area contributed by atoms with E-state index in [0.29, 0.717) is 5.39 Å². The lowest BCUT2D eigenvalue weighted by molar-refractivity contribution is 0.180. The normalized spacial score (nSPS) is 15.4. The molecular formula is C28H26N4O2. The van der Waals surface area contributed by atoms with Crippen LogP contribution in [0.5, 0.6) is 0 Å². The SMILES string of the molecule is O=c1c2ccccc2n(CCN2CCC(n3cnc4ccccc4c3=O)CC2)c2ccccc12. The van der Waals surface area contributed by atoms with Crippen LogP contribution in [0.2, 0.25) is 0 Å². The van der Waals surface area contributed by atoms with Crippen LogP contribution in [0.3, 0.4) is 0 Å². The second-order valence-corrected chi connectivity index (χ2v) is 9.06. The van der Waals surface area contributed by atoms with Gasteiger partial charge in [-0.25, -0.2) is 4.98 Å². The molecule has 0 unspecified atom stereocenters. The average molecular weight is 451 g/mol. The van der Waals surface area contributed by atoms with Gasteiger partial charge in [0.1, 0.15) is 0 Å². The zero-order chi connectivity index (χ0) is 23.1. The van der Waals surface area contributed by atoms with Crippen molar-refractivity contribution in [1.82, 2.24) is 19.0 Å². The molecule has 3 heterocycles. The van der Waals surface area contributed by atoms with E-state index in [1.54, 1.807) is 6.33 Å². The average Bonchev–Trinajstić information content (AvgIpc) is 2.90. The van der Waals surface area contributed by atoms with Crippen LogP contribution >= 0.6 is 0 Å². The summed E-state index contributed by atoms with van der Waals surface area (Å²) in [5, 5.41) is 2.22. The number of hydrogen-bond acceptors (Lipinski definition) is 4. The molecule has 0 radical (unpaired) electrons. The third-order valence-corrected chi connectivity index (χ3v) is 7.16. The molecule has 6 heteroatoms. The smallest absolute Gasteiger partial charge is 0.261 e. The summed E-state index contributed by atoms with van der Waals surface area (Å²) in [7, 11) is 0. The summed E-state index contributed by atoms with van der Waals surface area (Å²) in [5.41, 5.74) is 2.86. The summed E-state index contributed by atoms with van der Waals surface area (Å²) in [6.07, 6.45) is 3.56. The zero-order valence-electron chi connectivity index (χ0n) is 18.9. The molecule has 0 amide bonds. The van der Waals surface area contributed by atoms with Gasteiger partial charge in [-0.05, 0) is 49.2 Å². The van der Waals surface area contributed by atoms with Crippen LogP contribution in [0.15, 0.2) is 88.7 Å². The topological polar surface area (TPSA) is 60.1 Å². The molecule has 6 nitrogen and oxygen atoms in total. The van der Waals surface area contributed by atoms with Crippen molar-refractivity contribution in [2.24, 2.45) is 0 Å². The molecule has 170 valence electrons. The molecule has 0 atom stereocenters. The van der Waals surface area contributed by atoms with Gasteiger partial charge in [-0.1, -0.05) is 36.4 Å². The quantitative estimate of drug-likeness (QED) is 0.385. The third kappa shape index (κ3) is 3.51. The molecule has 6 rings (SSSR count). The summed E-state index contributed by atoms with van der Waals surface area (Å²) in [4.78, 5) is 32.9. The Balaban J connectivity index is 1.22. The lowest BCUT2D eigenvalue weighted by Crippen LogP contribution is -2.39. The highest BCUT2D eigenvalue weighted by Gasteiger charge is 2.22. The van der Waals surface area contributed by atoms with Gasteiger partial charge in [0.15, 0.2) is 5.43 Å².